The number of hydrogen-bond acceptors (Lipinski definition) is 4. The van der Waals surface area contributed by atoms with Crippen molar-refractivity contribution in [3.8, 4) is 5.75 Å². The monoisotopic (exact) mass is 291 g/mol. The van der Waals surface area contributed by atoms with E-state index in [1.807, 2.05) is 0 Å². The molecule has 0 spiro atoms. The number of rotatable bonds is 6. The molecule has 0 radical (unpaired) electrons. The van der Waals surface area contributed by atoms with Gasteiger partial charge in [0.2, 0.25) is 0 Å². The van der Waals surface area contributed by atoms with Crippen LogP contribution in [0.5, 0.6) is 5.75 Å². The molecule has 21 heavy (non-hydrogen) atoms. The lowest BCUT2D eigenvalue weighted by atomic mass is 10.1. The highest BCUT2D eigenvalue weighted by molar-refractivity contribution is 5.33. The molecule has 1 aromatic carbocycles. The molecule has 0 aromatic heterocycles. The molecule has 0 aliphatic carbocycles. The standard InChI is InChI=1S/C17H29N3O/c1-14-5-6-17(11-15(14)2)21-10-4-7-20-9-8-19(3)13-16(20)12-18/h5-6,11,16H,4,7-10,12-13,18H2,1-3H3. The van der Waals surface area contributed by atoms with Gasteiger partial charge in [-0.15, -0.1) is 0 Å². The third-order valence-electron chi connectivity index (χ3n) is 4.42. The first-order chi connectivity index (χ1) is 10.1. The Morgan fingerprint density at radius 3 is 2.76 bits per heavy atom. The van der Waals surface area contributed by atoms with Gasteiger partial charge in [-0.1, -0.05) is 6.07 Å². The third-order valence-corrected chi connectivity index (χ3v) is 4.42. The first-order valence-electron chi connectivity index (χ1n) is 7.93. The number of ether oxygens (including phenoxy) is 1. The Hall–Kier alpha value is -1.10. The molecular weight excluding hydrogens is 262 g/mol. The number of aryl methyl sites for hydroxylation is 2. The van der Waals surface area contributed by atoms with Crippen LogP contribution in [0.1, 0.15) is 17.5 Å². The lowest BCUT2D eigenvalue weighted by Gasteiger charge is -2.39. The Balaban J connectivity index is 1.72. The molecule has 1 heterocycles. The average molecular weight is 291 g/mol. The van der Waals surface area contributed by atoms with Crippen LogP contribution in [0.2, 0.25) is 0 Å². The molecule has 4 heteroatoms. The van der Waals surface area contributed by atoms with Gasteiger partial charge < -0.3 is 15.4 Å². The number of likely N-dealkylation sites (N-methyl/N-ethyl adjacent to an activating group) is 1. The van der Waals surface area contributed by atoms with E-state index in [9.17, 15) is 0 Å². The van der Waals surface area contributed by atoms with Crippen LogP contribution < -0.4 is 10.5 Å². The molecule has 2 rings (SSSR count). The van der Waals surface area contributed by atoms with E-state index in [2.05, 4.69) is 48.9 Å². The molecule has 118 valence electrons. The largest absolute Gasteiger partial charge is 0.494 e. The lowest BCUT2D eigenvalue weighted by molar-refractivity contribution is 0.0890. The zero-order valence-corrected chi connectivity index (χ0v) is 13.6. The van der Waals surface area contributed by atoms with Gasteiger partial charge in [-0.25, -0.2) is 0 Å². The average Bonchev–Trinajstić information content (AvgIpc) is 2.48. The molecule has 1 atom stereocenters. The second-order valence-electron chi connectivity index (χ2n) is 6.14. The topological polar surface area (TPSA) is 41.7 Å². The summed E-state index contributed by atoms with van der Waals surface area (Å²) in [7, 11) is 2.17. The number of hydrogen-bond donors (Lipinski definition) is 1. The number of nitrogens with zero attached hydrogens (tertiary/aromatic N) is 2. The van der Waals surface area contributed by atoms with E-state index in [-0.39, 0.29) is 0 Å². The highest BCUT2D eigenvalue weighted by Gasteiger charge is 2.23. The summed E-state index contributed by atoms with van der Waals surface area (Å²) in [5, 5.41) is 0. The zero-order chi connectivity index (χ0) is 15.2. The quantitative estimate of drug-likeness (QED) is 0.809. The van der Waals surface area contributed by atoms with Gasteiger partial charge in [0, 0.05) is 38.8 Å². The number of benzene rings is 1. The van der Waals surface area contributed by atoms with Crippen LogP contribution in [-0.2, 0) is 0 Å². The zero-order valence-electron chi connectivity index (χ0n) is 13.6. The Labute approximate surface area is 128 Å². The summed E-state index contributed by atoms with van der Waals surface area (Å²) >= 11 is 0. The van der Waals surface area contributed by atoms with Gasteiger partial charge in [0.1, 0.15) is 5.75 Å². The summed E-state index contributed by atoms with van der Waals surface area (Å²) < 4.78 is 5.85. The van der Waals surface area contributed by atoms with Crippen molar-refractivity contribution in [1.82, 2.24) is 9.80 Å². The molecule has 4 nitrogen and oxygen atoms in total. The Kier molecular flexibility index (Phi) is 6.03. The molecular formula is C17H29N3O. The van der Waals surface area contributed by atoms with Crippen LogP contribution >= 0.6 is 0 Å². The minimum Gasteiger partial charge on any atom is -0.494 e. The van der Waals surface area contributed by atoms with Crippen molar-refractivity contribution in [1.29, 1.82) is 0 Å². The van der Waals surface area contributed by atoms with Gasteiger partial charge in [0.25, 0.3) is 0 Å². The third kappa shape index (κ3) is 4.70. The molecule has 1 aliphatic heterocycles. The first kappa shape index (κ1) is 16.3. The normalized spacial score (nSPS) is 20.7. The molecule has 1 fully saturated rings. The predicted molar refractivity (Wildman–Crippen MR) is 87.9 cm³/mol. The summed E-state index contributed by atoms with van der Waals surface area (Å²) in [6.45, 7) is 10.2. The van der Waals surface area contributed by atoms with Crippen LogP contribution in [0.3, 0.4) is 0 Å². The van der Waals surface area contributed by atoms with Crippen LogP contribution in [0.15, 0.2) is 18.2 Å². The van der Waals surface area contributed by atoms with E-state index in [1.54, 1.807) is 0 Å². The van der Waals surface area contributed by atoms with Crippen LogP contribution in [-0.4, -0.2) is 62.2 Å². The van der Waals surface area contributed by atoms with Crippen LogP contribution in [0.25, 0.3) is 0 Å². The highest BCUT2D eigenvalue weighted by atomic mass is 16.5. The number of piperazine rings is 1. The predicted octanol–water partition coefficient (Wildman–Crippen LogP) is 1.65. The molecule has 2 N–H and O–H groups in total. The summed E-state index contributed by atoms with van der Waals surface area (Å²) in [5.41, 5.74) is 8.48. The SMILES string of the molecule is Cc1ccc(OCCCN2CCN(C)CC2CN)cc1C. The van der Waals surface area contributed by atoms with Crippen molar-refractivity contribution in [3.05, 3.63) is 29.3 Å². The van der Waals surface area contributed by atoms with E-state index in [0.29, 0.717) is 6.04 Å². The Bertz CT molecular complexity index is 450. The van der Waals surface area contributed by atoms with E-state index < -0.39 is 0 Å². The minimum atomic E-state index is 0.491. The molecule has 1 aromatic rings. The van der Waals surface area contributed by atoms with Gasteiger partial charge in [-0.2, -0.15) is 0 Å². The summed E-state index contributed by atoms with van der Waals surface area (Å²) in [6, 6.07) is 6.79. The van der Waals surface area contributed by atoms with Gasteiger partial charge in [-0.05, 0) is 50.6 Å². The molecule has 1 unspecified atom stereocenters. The minimum absolute atomic E-state index is 0.491. The highest BCUT2D eigenvalue weighted by Crippen LogP contribution is 2.16. The van der Waals surface area contributed by atoms with Crippen molar-refractivity contribution in [2.75, 3.05) is 46.4 Å². The van der Waals surface area contributed by atoms with Gasteiger partial charge in [0.05, 0.1) is 6.61 Å². The lowest BCUT2D eigenvalue weighted by Crippen LogP contribution is -2.55. The fourth-order valence-electron chi connectivity index (χ4n) is 2.83. The fourth-order valence-corrected chi connectivity index (χ4v) is 2.83. The smallest absolute Gasteiger partial charge is 0.119 e. The molecule has 0 amide bonds. The maximum Gasteiger partial charge on any atom is 0.119 e. The molecule has 0 saturated carbocycles. The Morgan fingerprint density at radius 1 is 1.24 bits per heavy atom. The Morgan fingerprint density at radius 2 is 2.05 bits per heavy atom. The molecule has 1 saturated heterocycles. The fraction of sp³-hybridized carbons (Fsp3) is 0.647. The van der Waals surface area contributed by atoms with Crippen molar-refractivity contribution in [2.45, 2.75) is 26.3 Å². The van der Waals surface area contributed by atoms with Gasteiger partial charge in [0.15, 0.2) is 0 Å². The van der Waals surface area contributed by atoms with E-state index in [1.165, 1.54) is 11.1 Å². The van der Waals surface area contributed by atoms with Crippen molar-refractivity contribution < 1.29 is 4.74 Å². The van der Waals surface area contributed by atoms with Crippen LogP contribution in [0, 0.1) is 13.8 Å². The van der Waals surface area contributed by atoms with Crippen molar-refractivity contribution in [3.63, 3.8) is 0 Å². The second-order valence-corrected chi connectivity index (χ2v) is 6.14. The number of nitrogens with two attached hydrogens (primary N) is 1. The van der Waals surface area contributed by atoms with Crippen molar-refractivity contribution in [2.24, 2.45) is 5.73 Å². The molecule has 1 aliphatic rings. The van der Waals surface area contributed by atoms with E-state index in [4.69, 9.17) is 10.5 Å². The second kappa shape index (κ2) is 7.78. The van der Waals surface area contributed by atoms with E-state index in [0.717, 1.165) is 51.5 Å². The maximum atomic E-state index is 5.88. The molecule has 0 bridgehead atoms. The van der Waals surface area contributed by atoms with Gasteiger partial charge >= 0.3 is 0 Å². The van der Waals surface area contributed by atoms with Crippen LogP contribution in [0.4, 0.5) is 0 Å². The maximum absolute atomic E-state index is 5.88. The first-order valence-corrected chi connectivity index (χ1v) is 7.93. The van der Waals surface area contributed by atoms with Gasteiger partial charge in [-0.3, -0.25) is 4.90 Å². The van der Waals surface area contributed by atoms with E-state index >= 15 is 0 Å². The summed E-state index contributed by atoms with van der Waals surface area (Å²) in [4.78, 5) is 4.86. The summed E-state index contributed by atoms with van der Waals surface area (Å²) in [5.74, 6) is 0.979. The van der Waals surface area contributed by atoms with Crippen molar-refractivity contribution >= 4 is 0 Å². The summed E-state index contributed by atoms with van der Waals surface area (Å²) in [6.07, 6.45) is 1.05.